The van der Waals surface area contributed by atoms with E-state index >= 15 is 0 Å². The van der Waals surface area contributed by atoms with E-state index in [2.05, 4.69) is 31.1 Å². The first-order valence-electron chi connectivity index (χ1n) is 7.26. The third-order valence-corrected chi connectivity index (χ3v) is 3.54. The minimum atomic E-state index is 0.645. The van der Waals surface area contributed by atoms with Gasteiger partial charge < -0.3 is 10.1 Å². The second kappa shape index (κ2) is 8.90. The highest BCUT2D eigenvalue weighted by Gasteiger charge is 2.21. The smallest absolute Gasteiger partial charge is 0.0593 e. The summed E-state index contributed by atoms with van der Waals surface area (Å²) in [7, 11) is 2.21. The van der Waals surface area contributed by atoms with Crippen LogP contribution in [0.1, 0.15) is 39.5 Å². The number of hydrogen-bond donors (Lipinski definition) is 1. The van der Waals surface area contributed by atoms with Crippen molar-refractivity contribution in [2.75, 3.05) is 39.9 Å². The van der Waals surface area contributed by atoms with Crippen molar-refractivity contribution in [3.63, 3.8) is 0 Å². The number of nitrogens with one attached hydrogen (secondary N) is 1. The largest absolute Gasteiger partial charge is 0.380 e. The Bertz CT molecular complexity index is 183. The molecule has 0 aromatic rings. The van der Waals surface area contributed by atoms with Gasteiger partial charge in [-0.25, -0.2) is 0 Å². The Kier molecular flexibility index (Phi) is 7.82. The normalized spacial score (nSPS) is 17.6. The molecule has 17 heavy (non-hydrogen) atoms. The van der Waals surface area contributed by atoms with E-state index in [0.29, 0.717) is 6.04 Å². The molecule has 1 aliphatic rings. The molecule has 102 valence electrons. The molecule has 0 aliphatic heterocycles. The van der Waals surface area contributed by atoms with E-state index in [1.165, 1.54) is 25.7 Å². The maximum atomic E-state index is 5.69. The van der Waals surface area contributed by atoms with Gasteiger partial charge in [-0.2, -0.15) is 0 Å². The first-order valence-corrected chi connectivity index (χ1v) is 7.26. The number of nitrogens with zero attached hydrogens (tertiary/aromatic N) is 1. The molecule has 3 nitrogen and oxygen atoms in total. The van der Waals surface area contributed by atoms with Gasteiger partial charge in [-0.15, -0.1) is 0 Å². The molecule has 3 heteroatoms. The molecule has 0 amide bonds. The Morgan fingerprint density at radius 1 is 1.35 bits per heavy atom. The van der Waals surface area contributed by atoms with Crippen molar-refractivity contribution >= 4 is 0 Å². The number of ether oxygens (including phenoxy) is 1. The van der Waals surface area contributed by atoms with Crippen LogP contribution in [-0.4, -0.2) is 50.8 Å². The summed E-state index contributed by atoms with van der Waals surface area (Å²) in [5.74, 6) is 0.883. The van der Waals surface area contributed by atoms with Crippen molar-refractivity contribution < 1.29 is 4.74 Å². The van der Waals surface area contributed by atoms with Crippen LogP contribution in [-0.2, 0) is 4.74 Å². The molecule has 1 atom stereocenters. The zero-order valence-corrected chi connectivity index (χ0v) is 11.9. The van der Waals surface area contributed by atoms with Crippen LogP contribution in [0, 0.1) is 5.92 Å². The molecule has 1 unspecified atom stereocenters. The fourth-order valence-corrected chi connectivity index (χ4v) is 1.98. The highest BCUT2D eigenvalue weighted by molar-refractivity contribution is 4.73. The lowest BCUT2D eigenvalue weighted by atomic mass is 10.2. The van der Waals surface area contributed by atoms with Crippen LogP contribution in [0.5, 0.6) is 0 Å². The molecule has 1 aliphatic carbocycles. The second-order valence-corrected chi connectivity index (χ2v) is 5.27. The maximum absolute atomic E-state index is 5.69. The van der Waals surface area contributed by atoms with Crippen LogP contribution >= 0.6 is 0 Å². The second-order valence-electron chi connectivity index (χ2n) is 5.27. The number of rotatable bonds is 11. The van der Waals surface area contributed by atoms with Gasteiger partial charge in [0.1, 0.15) is 0 Å². The standard InChI is InChI=1S/C14H30N2O/c1-4-8-15-11-14(5-2)16(3)9-10-17-12-13-6-7-13/h13-15H,4-12H2,1-3H3. The Morgan fingerprint density at radius 2 is 2.12 bits per heavy atom. The predicted molar refractivity (Wildman–Crippen MR) is 73.4 cm³/mol. The molecule has 1 N–H and O–H groups in total. The van der Waals surface area contributed by atoms with Crippen LogP contribution < -0.4 is 5.32 Å². The van der Waals surface area contributed by atoms with Crippen LogP contribution in [0.2, 0.25) is 0 Å². The van der Waals surface area contributed by atoms with E-state index in [9.17, 15) is 0 Å². The van der Waals surface area contributed by atoms with E-state index in [-0.39, 0.29) is 0 Å². The molecule has 0 saturated heterocycles. The van der Waals surface area contributed by atoms with Crippen LogP contribution in [0.4, 0.5) is 0 Å². The summed E-state index contributed by atoms with van der Waals surface area (Å²) in [6.07, 6.45) is 5.18. The van der Waals surface area contributed by atoms with E-state index in [1.807, 2.05) is 0 Å². The maximum Gasteiger partial charge on any atom is 0.0593 e. The van der Waals surface area contributed by atoms with E-state index in [1.54, 1.807) is 0 Å². The molecule has 0 spiro atoms. The van der Waals surface area contributed by atoms with Crippen LogP contribution in [0.3, 0.4) is 0 Å². The topological polar surface area (TPSA) is 24.5 Å². The first kappa shape index (κ1) is 14.9. The van der Waals surface area contributed by atoms with Crippen molar-refractivity contribution in [3.8, 4) is 0 Å². The van der Waals surface area contributed by atoms with Crippen LogP contribution in [0.25, 0.3) is 0 Å². The zero-order chi connectivity index (χ0) is 12.5. The molecule has 1 fully saturated rings. The highest BCUT2D eigenvalue weighted by atomic mass is 16.5. The molecule has 0 heterocycles. The number of hydrogen-bond acceptors (Lipinski definition) is 3. The minimum absolute atomic E-state index is 0.645. The molecule has 1 saturated carbocycles. The lowest BCUT2D eigenvalue weighted by Crippen LogP contribution is -2.41. The van der Waals surface area contributed by atoms with Crippen molar-refractivity contribution in [1.82, 2.24) is 10.2 Å². The quantitative estimate of drug-likeness (QED) is 0.562. The summed E-state index contributed by atoms with van der Waals surface area (Å²) in [4.78, 5) is 2.43. The summed E-state index contributed by atoms with van der Waals surface area (Å²) < 4.78 is 5.69. The Labute approximate surface area is 107 Å². The number of likely N-dealkylation sites (N-methyl/N-ethyl adjacent to an activating group) is 1. The van der Waals surface area contributed by atoms with Crippen molar-refractivity contribution in [2.45, 2.75) is 45.6 Å². The fraction of sp³-hybridized carbons (Fsp3) is 1.00. The van der Waals surface area contributed by atoms with Gasteiger partial charge >= 0.3 is 0 Å². The highest BCUT2D eigenvalue weighted by Crippen LogP contribution is 2.28. The Morgan fingerprint density at radius 3 is 2.71 bits per heavy atom. The van der Waals surface area contributed by atoms with Crippen LogP contribution in [0.15, 0.2) is 0 Å². The molecule has 0 radical (unpaired) electrons. The van der Waals surface area contributed by atoms with Gasteiger partial charge in [-0.3, -0.25) is 4.90 Å². The summed E-state index contributed by atoms with van der Waals surface area (Å²) in [6.45, 7) is 9.63. The summed E-state index contributed by atoms with van der Waals surface area (Å²) in [5, 5.41) is 3.50. The van der Waals surface area contributed by atoms with Gasteiger partial charge in [0.05, 0.1) is 6.61 Å². The minimum Gasteiger partial charge on any atom is -0.380 e. The predicted octanol–water partition coefficient (Wildman–Crippen LogP) is 2.12. The molecule has 0 aromatic carbocycles. The Hall–Kier alpha value is -0.120. The average Bonchev–Trinajstić information content (AvgIpc) is 3.14. The third-order valence-electron chi connectivity index (χ3n) is 3.54. The molecular formula is C14H30N2O. The van der Waals surface area contributed by atoms with E-state index in [4.69, 9.17) is 4.74 Å². The monoisotopic (exact) mass is 242 g/mol. The molecule has 1 rings (SSSR count). The first-order chi connectivity index (χ1) is 8.27. The van der Waals surface area contributed by atoms with Gasteiger partial charge in [0.25, 0.3) is 0 Å². The third kappa shape index (κ3) is 7.02. The summed E-state index contributed by atoms with van der Waals surface area (Å²) in [6, 6.07) is 0.645. The Balaban J connectivity index is 2.02. The van der Waals surface area contributed by atoms with E-state index in [0.717, 1.165) is 38.8 Å². The summed E-state index contributed by atoms with van der Waals surface area (Å²) in [5.41, 5.74) is 0. The SMILES string of the molecule is CCCNCC(CC)N(C)CCOCC1CC1. The van der Waals surface area contributed by atoms with Gasteiger partial charge in [0, 0.05) is 25.7 Å². The lowest BCUT2D eigenvalue weighted by Gasteiger charge is -2.27. The van der Waals surface area contributed by atoms with Gasteiger partial charge in [0.2, 0.25) is 0 Å². The van der Waals surface area contributed by atoms with Crippen molar-refractivity contribution in [3.05, 3.63) is 0 Å². The van der Waals surface area contributed by atoms with E-state index < -0.39 is 0 Å². The van der Waals surface area contributed by atoms with Crippen molar-refractivity contribution in [2.24, 2.45) is 5.92 Å². The van der Waals surface area contributed by atoms with Gasteiger partial charge in [0.15, 0.2) is 0 Å². The van der Waals surface area contributed by atoms with Gasteiger partial charge in [-0.1, -0.05) is 13.8 Å². The summed E-state index contributed by atoms with van der Waals surface area (Å²) >= 11 is 0. The van der Waals surface area contributed by atoms with Crippen molar-refractivity contribution in [1.29, 1.82) is 0 Å². The fourth-order valence-electron chi connectivity index (χ4n) is 1.98. The van der Waals surface area contributed by atoms with Gasteiger partial charge in [-0.05, 0) is 45.2 Å². The zero-order valence-electron chi connectivity index (χ0n) is 11.9. The lowest BCUT2D eigenvalue weighted by molar-refractivity contribution is 0.0903. The molecule has 0 aromatic heterocycles. The molecule has 0 bridgehead atoms. The average molecular weight is 242 g/mol. The molecular weight excluding hydrogens is 212 g/mol.